The van der Waals surface area contributed by atoms with Crippen molar-refractivity contribution in [2.75, 3.05) is 14.1 Å². The number of nitrogens with one attached hydrogen (secondary N) is 2. The average Bonchev–Trinajstić information content (AvgIpc) is 3.38. The minimum atomic E-state index is -3.54. The van der Waals surface area contributed by atoms with Gasteiger partial charge in [0.15, 0.2) is 0 Å². The zero-order valence-corrected chi connectivity index (χ0v) is 20.0. The van der Waals surface area contributed by atoms with Crippen LogP contribution in [0.4, 0.5) is 0 Å². The van der Waals surface area contributed by atoms with Crippen molar-refractivity contribution >= 4 is 38.0 Å². The summed E-state index contributed by atoms with van der Waals surface area (Å²) in [7, 11) is -0.542. The van der Waals surface area contributed by atoms with E-state index in [0.717, 1.165) is 22.4 Å². The van der Waals surface area contributed by atoms with Crippen LogP contribution in [0.5, 0.6) is 0 Å². The second kappa shape index (κ2) is 8.95. The summed E-state index contributed by atoms with van der Waals surface area (Å²) in [6.07, 6.45) is 0.702. The summed E-state index contributed by atoms with van der Waals surface area (Å²) in [5.74, 6) is 1.35. The summed E-state index contributed by atoms with van der Waals surface area (Å²) >= 11 is 0. The summed E-state index contributed by atoms with van der Waals surface area (Å²) in [6, 6.07) is 12.4. The van der Waals surface area contributed by atoms with E-state index in [1.807, 2.05) is 42.7 Å². The van der Waals surface area contributed by atoms with E-state index in [1.54, 1.807) is 18.2 Å². The Kier molecular flexibility index (Phi) is 6.22. The van der Waals surface area contributed by atoms with Crippen molar-refractivity contribution in [1.29, 1.82) is 0 Å². The first-order valence-electron chi connectivity index (χ1n) is 10.9. The molecule has 9 nitrogen and oxygen atoms in total. The van der Waals surface area contributed by atoms with Crippen LogP contribution >= 0.6 is 0 Å². The number of carbonyl (C=O) groups excluding carboxylic acids is 1. The first kappa shape index (κ1) is 22.9. The topological polar surface area (TPSA) is 113 Å². The number of fused-ring (bicyclic) bond motifs is 2. The van der Waals surface area contributed by atoms with E-state index in [9.17, 15) is 13.2 Å². The van der Waals surface area contributed by atoms with Gasteiger partial charge in [-0.25, -0.2) is 22.7 Å². The smallest absolute Gasteiger partial charge is 0.242 e. The molecule has 0 fully saturated rings. The number of hydrogen-bond donors (Lipinski definition) is 2. The van der Waals surface area contributed by atoms with Crippen molar-refractivity contribution in [3.63, 3.8) is 0 Å². The van der Waals surface area contributed by atoms with Gasteiger partial charge >= 0.3 is 0 Å². The van der Waals surface area contributed by atoms with Crippen molar-refractivity contribution < 1.29 is 13.2 Å². The molecule has 0 saturated heterocycles. The predicted molar refractivity (Wildman–Crippen MR) is 127 cm³/mol. The molecule has 0 aliphatic rings. The summed E-state index contributed by atoms with van der Waals surface area (Å²) in [4.78, 5) is 25.2. The van der Waals surface area contributed by atoms with Crippen molar-refractivity contribution in [2.45, 2.75) is 44.2 Å². The molecule has 0 aliphatic carbocycles. The molecule has 0 unspecified atom stereocenters. The number of nitrogens with zero attached hydrogens (tertiary/aromatic N) is 4. The molecular formula is C23H28N6O3S. The standard InChI is InChI=1S/C23H28N6O3S/c1-5-29-20-11-10-16(33(31,32)28(3)4)14-19(20)25-21(29)12-13-22(30)24-15(2)23-26-17-8-6-7-9-18(17)27-23/h6-11,14-15H,5,12-13H2,1-4H3,(H,24,30)(H,26,27)/t15-/m0/s1. The predicted octanol–water partition coefficient (Wildman–Crippen LogP) is 2.99. The monoisotopic (exact) mass is 468 g/mol. The second-order valence-electron chi connectivity index (χ2n) is 8.14. The zero-order valence-electron chi connectivity index (χ0n) is 19.2. The van der Waals surface area contributed by atoms with Crippen LogP contribution in [0.2, 0.25) is 0 Å². The number of benzene rings is 2. The third-order valence-electron chi connectivity index (χ3n) is 5.66. The third-order valence-corrected chi connectivity index (χ3v) is 7.48. The number of aryl methyl sites for hydroxylation is 2. The molecule has 0 spiro atoms. The molecule has 2 aromatic carbocycles. The molecular weight excluding hydrogens is 440 g/mol. The van der Waals surface area contributed by atoms with E-state index in [2.05, 4.69) is 20.3 Å². The number of carbonyl (C=O) groups is 1. The number of para-hydroxylation sites is 2. The molecule has 4 rings (SSSR count). The van der Waals surface area contributed by atoms with Crippen LogP contribution < -0.4 is 5.32 Å². The van der Waals surface area contributed by atoms with Gasteiger partial charge in [0.25, 0.3) is 0 Å². The molecule has 2 aromatic heterocycles. The Morgan fingerprint density at radius 3 is 2.61 bits per heavy atom. The van der Waals surface area contributed by atoms with Gasteiger partial charge in [0, 0.05) is 33.5 Å². The fraction of sp³-hybridized carbons (Fsp3) is 0.348. The Hall–Kier alpha value is -3.24. The van der Waals surface area contributed by atoms with Gasteiger partial charge in [-0.15, -0.1) is 0 Å². The van der Waals surface area contributed by atoms with Gasteiger partial charge in [-0.1, -0.05) is 12.1 Å². The van der Waals surface area contributed by atoms with E-state index >= 15 is 0 Å². The minimum absolute atomic E-state index is 0.103. The quantitative estimate of drug-likeness (QED) is 0.413. The minimum Gasteiger partial charge on any atom is -0.346 e. The number of H-pyrrole nitrogens is 1. The van der Waals surface area contributed by atoms with Crippen LogP contribution in [-0.4, -0.2) is 52.2 Å². The van der Waals surface area contributed by atoms with E-state index in [-0.39, 0.29) is 23.3 Å². The van der Waals surface area contributed by atoms with E-state index < -0.39 is 10.0 Å². The molecule has 2 N–H and O–H groups in total. The lowest BCUT2D eigenvalue weighted by atomic mass is 10.2. The van der Waals surface area contributed by atoms with Gasteiger partial charge in [0.05, 0.1) is 33.0 Å². The highest BCUT2D eigenvalue weighted by atomic mass is 32.2. The van der Waals surface area contributed by atoms with E-state index in [0.29, 0.717) is 24.3 Å². The number of rotatable bonds is 8. The zero-order chi connectivity index (χ0) is 23.8. The highest BCUT2D eigenvalue weighted by Gasteiger charge is 2.20. The first-order valence-corrected chi connectivity index (χ1v) is 12.3. The molecule has 2 heterocycles. The number of aromatic nitrogens is 4. The van der Waals surface area contributed by atoms with Crippen LogP contribution in [0.3, 0.4) is 0 Å². The molecule has 174 valence electrons. The molecule has 4 aromatic rings. The van der Waals surface area contributed by atoms with Gasteiger partial charge in [-0.05, 0) is 44.2 Å². The lowest BCUT2D eigenvalue weighted by molar-refractivity contribution is -0.121. The van der Waals surface area contributed by atoms with Crippen LogP contribution in [0.1, 0.15) is 38.0 Å². The number of sulfonamides is 1. The van der Waals surface area contributed by atoms with Crippen LogP contribution in [0.25, 0.3) is 22.1 Å². The largest absolute Gasteiger partial charge is 0.346 e. The van der Waals surface area contributed by atoms with Crippen molar-refractivity contribution in [3.05, 3.63) is 54.1 Å². The molecule has 1 amide bonds. The molecule has 0 saturated carbocycles. The average molecular weight is 469 g/mol. The number of aromatic amines is 1. The van der Waals surface area contributed by atoms with Gasteiger partial charge in [-0.2, -0.15) is 0 Å². The Balaban J connectivity index is 1.48. The maximum Gasteiger partial charge on any atom is 0.242 e. The summed E-state index contributed by atoms with van der Waals surface area (Å²) in [6.45, 7) is 4.56. The summed E-state index contributed by atoms with van der Waals surface area (Å²) in [5.41, 5.74) is 3.24. The maximum absolute atomic E-state index is 12.6. The van der Waals surface area contributed by atoms with Crippen LogP contribution in [0, 0.1) is 0 Å². The maximum atomic E-state index is 12.6. The normalized spacial score (nSPS) is 13.1. The summed E-state index contributed by atoms with van der Waals surface area (Å²) in [5, 5.41) is 2.99. The lowest BCUT2D eigenvalue weighted by Gasteiger charge is -2.12. The highest BCUT2D eigenvalue weighted by molar-refractivity contribution is 7.89. The van der Waals surface area contributed by atoms with Crippen LogP contribution in [0.15, 0.2) is 47.4 Å². The second-order valence-corrected chi connectivity index (χ2v) is 10.3. The third kappa shape index (κ3) is 4.49. The fourth-order valence-corrected chi connectivity index (χ4v) is 4.78. The van der Waals surface area contributed by atoms with Gasteiger partial charge < -0.3 is 14.9 Å². The first-order chi connectivity index (χ1) is 15.7. The molecule has 10 heteroatoms. The fourth-order valence-electron chi connectivity index (χ4n) is 3.86. The number of amides is 1. The highest BCUT2D eigenvalue weighted by Crippen LogP contribution is 2.23. The molecule has 33 heavy (non-hydrogen) atoms. The van der Waals surface area contributed by atoms with Crippen molar-refractivity contribution in [3.8, 4) is 0 Å². The van der Waals surface area contributed by atoms with Crippen LogP contribution in [-0.2, 0) is 27.8 Å². The Morgan fingerprint density at radius 1 is 1.15 bits per heavy atom. The molecule has 1 atom stereocenters. The molecule has 0 bridgehead atoms. The Labute approximate surface area is 192 Å². The molecule has 0 aliphatic heterocycles. The van der Waals surface area contributed by atoms with Gasteiger partial charge in [0.2, 0.25) is 15.9 Å². The number of hydrogen-bond acceptors (Lipinski definition) is 5. The Morgan fingerprint density at radius 2 is 1.91 bits per heavy atom. The van der Waals surface area contributed by atoms with Gasteiger partial charge in [-0.3, -0.25) is 4.79 Å². The van der Waals surface area contributed by atoms with Gasteiger partial charge in [0.1, 0.15) is 11.6 Å². The van der Waals surface area contributed by atoms with Crippen molar-refractivity contribution in [2.24, 2.45) is 0 Å². The number of imidazole rings is 2. The van der Waals surface area contributed by atoms with E-state index in [4.69, 9.17) is 0 Å². The summed E-state index contributed by atoms with van der Waals surface area (Å²) < 4.78 is 28.1. The molecule has 0 radical (unpaired) electrons. The van der Waals surface area contributed by atoms with E-state index in [1.165, 1.54) is 18.4 Å². The lowest BCUT2D eigenvalue weighted by Crippen LogP contribution is -2.27. The Bertz CT molecular complexity index is 1390. The SMILES string of the molecule is CCn1c(CCC(=O)N[C@@H](C)c2nc3ccccc3[nH]2)nc2cc(S(=O)(=O)N(C)C)ccc21. The van der Waals surface area contributed by atoms with Crippen molar-refractivity contribution in [1.82, 2.24) is 29.1 Å².